The monoisotopic (exact) mass is 259 g/mol. The molecule has 0 aliphatic rings. The summed E-state index contributed by atoms with van der Waals surface area (Å²) in [5.74, 6) is 0.165. The molecule has 2 aromatic heterocycles. The van der Waals surface area contributed by atoms with Crippen molar-refractivity contribution >= 4 is 5.91 Å². The van der Waals surface area contributed by atoms with Gasteiger partial charge in [0.2, 0.25) is 0 Å². The molecule has 100 valence electrons. The number of aromatic nitrogens is 3. The van der Waals surface area contributed by atoms with Crippen molar-refractivity contribution in [3.05, 3.63) is 41.9 Å². The van der Waals surface area contributed by atoms with E-state index < -0.39 is 5.91 Å². The minimum absolute atomic E-state index is 0.371. The van der Waals surface area contributed by atoms with E-state index in [4.69, 9.17) is 5.73 Å². The Balaban J connectivity index is 2.06. The first-order chi connectivity index (χ1) is 9.20. The van der Waals surface area contributed by atoms with E-state index >= 15 is 0 Å². The summed E-state index contributed by atoms with van der Waals surface area (Å²) in [7, 11) is 0. The molecule has 0 aliphatic heterocycles. The number of carbonyl (C=O) groups is 1. The van der Waals surface area contributed by atoms with Gasteiger partial charge in [-0.15, -0.1) is 0 Å². The Labute approximate surface area is 111 Å². The summed E-state index contributed by atoms with van der Waals surface area (Å²) >= 11 is 0. The van der Waals surface area contributed by atoms with Gasteiger partial charge in [0.1, 0.15) is 0 Å². The number of nitrogens with zero attached hydrogens (tertiary/aromatic N) is 3. The fourth-order valence-electron chi connectivity index (χ4n) is 1.64. The number of amides is 1. The number of carbonyl (C=O) groups excluding carboxylic acids is 1. The van der Waals surface area contributed by atoms with Crippen LogP contribution in [-0.2, 0) is 6.54 Å². The normalized spacial score (nSPS) is 10.6. The van der Waals surface area contributed by atoms with Gasteiger partial charge < -0.3 is 11.1 Å². The van der Waals surface area contributed by atoms with E-state index in [1.54, 1.807) is 12.4 Å². The van der Waals surface area contributed by atoms with Crippen LogP contribution < -0.4 is 11.1 Å². The van der Waals surface area contributed by atoms with E-state index in [0.717, 1.165) is 25.1 Å². The second kappa shape index (κ2) is 6.10. The van der Waals surface area contributed by atoms with Crippen molar-refractivity contribution in [2.45, 2.75) is 19.9 Å². The quantitative estimate of drug-likeness (QED) is 0.754. The zero-order valence-corrected chi connectivity index (χ0v) is 10.8. The average molecular weight is 259 g/mol. The van der Waals surface area contributed by atoms with Gasteiger partial charge in [0.25, 0.3) is 5.91 Å². The van der Waals surface area contributed by atoms with E-state index in [1.807, 2.05) is 12.1 Å². The number of hydrogen-bond acceptors (Lipinski definition) is 4. The van der Waals surface area contributed by atoms with Gasteiger partial charge in [-0.25, -0.2) is 9.67 Å². The Bertz CT molecular complexity index is 546. The van der Waals surface area contributed by atoms with Gasteiger partial charge in [0.05, 0.1) is 11.8 Å². The van der Waals surface area contributed by atoms with Crippen molar-refractivity contribution in [3.63, 3.8) is 0 Å². The lowest BCUT2D eigenvalue weighted by molar-refractivity contribution is 0.100. The molecule has 0 radical (unpaired) electrons. The average Bonchev–Trinajstić information content (AvgIpc) is 2.90. The molecule has 0 unspecified atom stereocenters. The Morgan fingerprint density at radius 3 is 2.84 bits per heavy atom. The van der Waals surface area contributed by atoms with Gasteiger partial charge in [0.15, 0.2) is 5.82 Å². The van der Waals surface area contributed by atoms with Crippen molar-refractivity contribution in [3.8, 4) is 5.82 Å². The lowest BCUT2D eigenvalue weighted by Crippen LogP contribution is -2.14. The van der Waals surface area contributed by atoms with Crippen LogP contribution in [0.3, 0.4) is 0 Å². The summed E-state index contributed by atoms with van der Waals surface area (Å²) < 4.78 is 1.53. The largest absolute Gasteiger partial charge is 0.366 e. The first kappa shape index (κ1) is 13.2. The van der Waals surface area contributed by atoms with Crippen molar-refractivity contribution in [1.29, 1.82) is 0 Å². The van der Waals surface area contributed by atoms with Crippen molar-refractivity contribution in [1.82, 2.24) is 20.1 Å². The molecular formula is C13H17N5O. The summed E-state index contributed by atoms with van der Waals surface area (Å²) in [6, 6.07) is 3.84. The highest BCUT2D eigenvalue weighted by molar-refractivity contribution is 5.92. The van der Waals surface area contributed by atoms with Crippen LogP contribution in [-0.4, -0.2) is 27.2 Å². The summed E-state index contributed by atoms with van der Waals surface area (Å²) in [6.45, 7) is 3.91. The Morgan fingerprint density at radius 2 is 2.26 bits per heavy atom. The minimum Gasteiger partial charge on any atom is -0.366 e. The topological polar surface area (TPSA) is 85.8 Å². The van der Waals surface area contributed by atoms with Gasteiger partial charge in [-0.1, -0.05) is 13.0 Å². The molecule has 0 atom stereocenters. The minimum atomic E-state index is -0.494. The lowest BCUT2D eigenvalue weighted by Gasteiger charge is -2.04. The smallest absolute Gasteiger partial charge is 0.251 e. The molecule has 2 rings (SSSR count). The number of primary amides is 1. The van der Waals surface area contributed by atoms with Crippen LogP contribution in [0, 0.1) is 0 Å². The maximum absolute atomic E-state index is 11.0. The van der Waals surface area contributed by atoms with Crippen LogP contribution >= 0.6 is 0 Å². The maximum Gasteiger partial charge on any atom is 0.251 e. The molecule has 1 amide bonds. The number of nitrogens with two attached hydrogens (primary N) is 1. The summed E-state index contributed by atoms with van der Waals surface area (Å²) in [6.07, 6.45) is 5.90. The molecule has 0 fully saturated rings. The van der Waals surface area contributed by atoms with Gasteiger partial charge in [0, 0.05) is 18.9 Å². The third-order valence-electron chi connectivity index (χ3n) is 2.67. The van der Waals surface area contributed by atoms with Crippen LogP contribution in [0.4, 0.5) is 0 Å². The SMILES string of the molecule is CCCNCc1ccc(-n2cc(C(N)=O)cn2)nc1. The molecule has 0 saturated heterocycles. The molecule has 6 nitrogen and oxygen atoms in total. The van der Waals surface area contributed by atoms with Crippen LogP contribution in [0.2, 0.25) is 0 Å². The fourth-order valence-corrected chi connectivity index (χ4v) is 1.64. The molecular weight excluding hydrogens is 242 g/mol. The van der Waals surface area contributed by atoms with Gasteiger partial charge >= 0.3 is 0 Å². The Hall–Kier alpha value is -2.21. The second-order valence-electron chi connectivity index (χ2n) is 4.24. The number of pyridine rings is 1. The van der Waals surface area contributed by atoms with E-state index in [9.17, 15) is 4.79 Å². The molecule has 0 aromatic carbocycles. The first-order valence-electron chi connectivity index (χ1n) is 6.21. The second-order valence-corrected chi connectivity index (χ2v) is 4.24. The highest BCUT2D eigenvalue weighted by Gasteiger charge is 2.06. The Morgan fingerprint density at radius 1 is 1.42 bits per heavy atom. The summed E-state index contributed by atoms with van der Waals surface area (Å²) in [5, 5.41) is 7.36. The van der Waals surface area contributed by atoms with Crippen molar-refractivity contribution < 1.29 is 4.79 Å². The van der Waals surface area contributed by atoms with Crippen molar-refractivity contribution in [2.75, 3.05) is 6.54 Å². The number of hydrogen-bond donors (Lipinski definition) is 2. The van der Waals surface area contributed by atoms with E-state index in [2.05, 4.69) is 22.3 Å². The predicted octanol–water partition coefficient (Wildman–Crippen LogP) is 0.866. The molecule has 0 spiro atoms. The number of rotatable bonds is 6. The zero-order chi connectivity index (χ0) is 13.7. The highest BCUT2D eigenvalue weighted by atomic mass is 16.1. The first-order valence-corrected chi connectivity index (χ1v) is 6.21. The van der Waals surface area contributed by atoms with Crippen LogP contribution in [0.25, 0.3) is 5.82 Å². The standard InChI is InChI=1S/C13H17N5O/c1-2-5-15-6-10-3-4-12(16-7-10)18-9-11(8-17-18)13(14)19/h3-4,7-9,15H,2,5-6H2,1H3,(H2,14,19). The summed E-state index contributed by atoms with van der Waals surface area (Å²) in [5.41, 5.74) is 6.66. The molecule has 19 heavy (non-hydrogen) atoms. The fraction of sp³-hybridized carbons (Fsp3) is 0.308. The van der Waals surface area contributed by atoms with E-state index in [-0.39, 0.29) is 0 Å². The predicted molar refractivity (Wildman–Crippen MR) is 71.9 cm³/mol. The third kappa shape index (κ3) is 3.38. The highest BCUT2D eigenvalue weighted by Crippen LogP contribution is 2.06. The van der Waals surface area contributed by atoms with Crippen LogP contribution in [0.1, 0.15) is 29.3 Å². The van der Waals surface area contributed by atoms with E-state index in [1.165, 1.54) is 10.9 Å². The lowest BCUT2D eigenvalue weighted by atomic mass is 10.3. The molecule has 6 heteroatoms. The van der Waals surface area contributed by atoms with E-state index in [0.29, 0.717) is 11.4 Å². The van der Waals surface area contributed by atoms with Crippen LogP contribution in [0.15, 0.2) is 30.7 Å². The van der Waals surface area contributed by atoms with Gasteiger partial charge in [-0.05, 0) is 24.6 Å². The molecule has 2 aromatic rings. The molecule has 0 bridgehead atoms. The maximum atomic E-state index is 11.0. The molecule has 2 heterocycles. The molecule has 3 N–H and O–H groups in total. The van der Waals surface area contributed by atoms with Crippen LogP contribution in [0.5, 0.6) is 0 Å². The molecule has 0 aliphatic carbocycles. The van der Waals surface area contributed by atoms with Crippen molar-refractivity contribution in [2.24, 2.45) is 5.73 Å². The van der Waals surface area contributed by atoms with Gasteiger partial charge in [-0.3, -0.25) is 4.79 Å². The third-order valence-corrected chi connectivity index (χ3v) is 2.67. The Kier molecular flexibility index (Phi) is 4.25. The zero-order valence-electron chi connectivity index (χ0n) is 10.8. The summed E-state index contributed by atoms with van der Waals surface area (Å²) in [4.78, 5) is 15.3. The molecule has 0 saturated carbocycles. The van der Waals surface area contributed by atoms with Gasteiger partial charge in [-0.2, -0.15) is 5.10 Å². The number of nitrogens with one attached hydrogen (secondary N) is 1.